The smallest absolute Gasteiger partial charge is 0.307 e. The van der Waals surface area contributed by atoms with Gasteiger partial charge in [-0.15, -0.1) is 0 Å². The lowest BCUT2D eigenvalue weighted by molar-refractivity contribution is -0.141. The standard InChI is InChI=1S/C11H12BrNO2/c12-9-3-1-2-7(4-9)10-5-8(6-13-10)11(14)15/h1-4,8,10,13H,5-6H2,(H,14,15). The van der Waals surface area contributed by atoms with E-state index >= 15 is 0 Å². The predicted octanol–water partition coefficient (Wildman–Crippen LogP) is 2.18. The van der Waals surface area contributed by atoms with E-state index in [9.17, 15) is 4.79 Å². The Balaban J connectivity index is 2.11. The lowest BCUT2D eigenvalue weighted by atomic mass is 10.0. The zero-order valence-electron chi connectivity index (χ0n) is 8.11. The van der Waals surface area contributed by atoms with Gasteiger partial charge < -0.3 is 10.4 Å². The summed E-state index contributed by atoms with van der Waals surface area (Å²) in [6, 6.07) is 8.15. The molecule has 2 atom stereocenters. The van der Waals surface area contributed by atoms with Crippen LogP contribution in [0.2, 0.25) is 0 Å². The topological polar surface area (TPSA) is 49.3 Å². The third kappa shape index (κ3) is 2.38. The van der Waals surface area contributed by atoms with Gasteiger partial charge in [0, 0.05) is 17.1 Å². The highest BCUT2D eigenvalue weighted by molar-refractivity contribution is 9.10. The largest absolute Gasteiger partial charge is 0.481 e. The van der Waals surface area contributed by atoms with Crippen molar-refractivity contribution < 1.29 is 9.90 Å². The Kier molecular flexibility index (Phi) is 3.07. The Morgan fingerprint density at radius 2 is 2.33 bits per heavy atom. The maximum atomic E-state index is 10.8. The summed E-state index contributed by atoms with van der Waals surface area (Å²) in [4.78, 5) is 10.8. The molecule has 1 heterocycles. The Morgan fingerprint density at radius 3 is 2.93 bits per heavy atom. The molecule has 0 bridgehead atoms. The van der Waals surface area contributed by atoms with Gasteiger partial charge >= 0.3 is 5.97 Å². The third-order valence-corrected chi connectivity index (χ3v) is 3.22. The molecule has 1 saturated heterocycles. The summed E-state index contributed by atoms with van der Waals surface area (Å²) in [5, 5.41) is 12.1. The van der Waals surface area contributed by atoms with Gasteiger partial charge in [-0.05, 0) is 24.1 Å². The van der Waals surface area contributed by atoms with Crippen LogP contribution in [0.1, 0.15) is 18.0 Å². The third-order valence-electron chi connectivity index (χ3n) is 2.73. The van der Waals surface area contributed by atoms with E-state index in [0.717, 1.165) is 10.0 Å². The SMILES string of the molecule is O=C(O)C1CNC(c2cccc(Br)c2)C1. The molecule has 0 spiro atoms. The zero-order valence-corrected chi connectivity index (χ0v) is 9.70. The monoisotopic (exact) mass is 269 g/mol. The number of carboxylic acid groups (broad SMARTS) is 1. The molecule has 1 aliphatic heterocycles. The normalized spacial score (nSPS) is 25.4. The van der Waals surface area contributed by atoms with Gasteiger partial charge in [0.2, 0.25) is 0 Å². The van der Waals surface area contributed by atoms with Crippen LogP contribution < -0.4 is 5.32 Å². The molecule has 0 aromatic heterocycles. The van der Waals surface area contributed by atoms with E-state index in [2.05, 4.69) is 21.2 Å². The maximum absolute atomic E-state index is 10.8. The minimum atomic E-state index is -0.708. The maximum Gasteiger partial charge on any atom is 0.307 e. The van der Waals surface area contributed by atoms with Crippen LogP contribution in [0.4, 0.5) is 0 Å². The molecule has 1 aliphatic rings. The Labute approximate surface area is 96.6 Å². The summed E-state index contributed by atoms with van der Waals surface area (Å²) in [5.74, 6) is -0.964. The van der Waals surface area contributed by atoms with E-state index < -0.39 is 5.97 Å². The Morgan fingerprint density at radius 1 is 1.53 bits per heavy atom. The minimum absolute atomic E-state index is 0.170. The van der Waals surface area contributed by atoms with E-state index in [4.69, 9.17) is 5.11 Å². The van der Waals surface area contributed by atoms with E-state index in [1.165, 1.54) is 0 Å². The first kappa shape index (κ1) is 10.6. The van der Waals surface area contributed by atoms with Gasteiger partial charge in [-0.1, -0.05) is 28.1 Å². The summed E-state index contributed by atoms with van der Waals surface area (Å²) in [7, 11) is 0. The number of hydrogen-bond acceptors (Lipinski definition) is 2. The van der Waals surface area contributed by atoms with Crippen molar-refractivity contribution in [2.24, 2.45) is 5.92 Å². The van der Waals surface area contributed by atoms with Crippen LogP contribution >= 0.6 is 15.9 Å². The molecule has 2 rings (SSSR count). The van der Waals surface area contributed by atoms with Crippen LogP contribution in [0.15, 0.2) is 28.7 Å². The van der Waals surface area contributed by atoms with Crippen molar-refractivity contribution in [3.63, 3.8) is 0 Å². The first-order valence-corrected chi connectivity index (χ1v) is 5.68. The quantitative estimate of drug-likeness (QED) is 0.866. The van der Waals surface area contributed by atoms with Crippen molar-refractivity contribution in [2.75, 3.05) is 6.54 Å². The average Bonchev–Trinajstić information content (AvgIpc) is 2.66. The van der Waals surface area contributed by atoms with Crippen LogP contribution in [0.3, 0.4) is 0 Å². The molecular formula is C11H12BrNO2. The number of rotatable bonds is 2. The summed E-state index contributed by atoms with van der Waals surface area (Å²) >= 11 is 3.41. The highest BCUT2D eigenvalue weighted by Gasteiger charge is 2.29. The van der Waals surface area contributed by atoms with Gasteiger partial charge in [-0.3, -0.25) is 4.79 Å². The molecule has 0 aliphatic carbocycles. The first-order chi connectivity index (χ1) is 7.16. The van der Waals surface area contributed by atoms with Gasteiger partial charge in [-0.2, -0.15) is 0 Å². The highest BCUT2D eigenvalue weighted by Crippen LogP contribution is 2.28. The van der Waals surface area contributed by atoms with Crippen LogP contribution in [-0.4, -0.2) is 17.6 Å². The van der Waals surface area contributed by atoms with Crippen LogP contribution in [0.5, 0.6) is 0 Å². The number of nitrogens with one attached hydrogen (secondary N) is 1. The lowest BCUT2D eigenvalue weighted by Gasteiger charge is -2.10. The number of benzene rings is 1. The van der Waals surface area contributed by atoms with Gasteiger partial charge in [-0.25, -0.2) is 0 Å². The molecule has 1 aromatic rings. The molecule has 2 unspecified atom stereocenters. The van der Waals surface area contributed by atoms with Crippen LogP contribution in [-0.2, 0) is 4.79 Å². The molecule has 4 heteroatoms. The van der Waals surface area contributed by atoms with Crippen LogP contribution in [0, 0.1) is 5.92 Å². The number of hydrogen-bond donors (Lipinski definition) is 2. The lowest BCUT2D eigenvalue weighted by Crippen LogP contribution is -2.17. The molecule has 0 radical (unpaired) electrons. The van der Waals surface area contributed by atoms with Crippen molar-refractivity contribution >= 4 is 21.9 Å². The molecule has 0 saturated carbocycles. The van der Waals surface area contributed by atoms with Gasteiger partial charge in [0.05, 0.1) is 5.92 Å². The van der Waals surface area contributed by atoms with Crippen LogP contribution in [0.25, 0.3) is 0 Å². The second kappa shape index (κ2) is 4.33. The van der Waals surface area contributed by atoms with Crippen molar-refractivity contribution in [1.82, 2.24) is 5.32 Å². The number of aliphatic carboxylic acids is 1. The molecule has 2 N–H and O–H groups in total. The van der Waals surface area contributed by atoms with E-state index in [0.29, 0.717) is 13.0 Å². The van der Waals surface area contributed by atoms with E-state index in [1.54, 1.807) is 0 Å². The summed E-state index contributed by atoms with van der Waals surface area (Å²) in [5.41, 5.74) is 1.15. The summed E-state index contributed by atoms with van der Waals surface area (Å²) in [6.45, 7) is 0.562. The number of carbonyl (C=O) groups is 1. The van der Waals surface area contributed by atoms with Crippen molar-refractivity contribution in [3.8, 4) is 0 Å². The number of halogens is 1. The highest BCUT2D eigenvalue weighted by atomic mass is 79.9. The molecule has 1 fully saturated rings. The molecular weight excluding hydrogens is 258 g/mol. The molecule has 3 nitrogen and oxygen atoms in total. The first-order valence-electron chi connectivity index (χ1n) is 4.88. The van der Waals surface area contributed by atoms with E-state index in [-0.39, 0.29) is 12.0 Å². The molecule has 0 amide bonds. The van der Waals surface area contributed by atoms with Gasteiger partial charge in [0.25, 0.3) is 0 Å². The zero-order chi connectivity index (χ0) is 10.8. The second-order valence-corrected chi connectivity index (χ2v) is 4.70. The Bertz CT molecular complexity index is 381. The fourth-order valence-electron chi connectivity index (χ4n) is 1.90. The average molecular weight is 270 g/mol. The molecule has 15 heavy (non-hydrogen) atoms. The summed E-state index contributed by atoms with van der Waals surface area (Å²) in [6.07, 6.45) is 0.672. The van der Waals surface area contributed by atoms with Gasteiger partial charge in [0.1, 0.15) is 0 Å². The van der Waals surface area contributed by atoms with Crippen molar-refractivity contribution in [1.29, 1.82) is 0 Å². The molecule has 80 valence electrons. The fraction of sp³-hybridized carbons (Fsp3) is 0.364. The second-order valence-electron chi connectivity index (χ2n) is 3.79. The van der Waals surface area contributed by atoms with E-state index in [1.807, 2.05) is 24.3 Å². The fourth-order valence-corrected chi connectivity index (χ4v) is 2.32. The van der Waals surface area contributed by atoms with Crippen molar-refractivity contribution in [2.45, 2.75) is 12.5 Å². The summed E-state index contributed by atoms with van der Waals surface area (Å²) < 4.78 is 1.03. The minimum Gasteiger partial charge on any atom is -0.481 e. The van der Waals surface area contributed by atoms with Gasteiger partial charge in [0.15, 0.2) is 0 Å². The predicted molar refractivity (Wildman–Crippen MR) is 60.6 cm³/mol. The number of carboxylic acids is 1. The Hall–Kier alpha value is -0.870. The molecule has 1 aromatic carbocycles. The van der Waals surface area contributed by atoms with Crippen molar-refractivity contribution in [3.05, 3.63) is 34.3 Å².